The molecule has 4 amide bonds. The second kappa shape index (κ2) is 7.72. The molecule has 1 aliphatic heterocycles. The van der Waals surface area contributed by atoms with Gasteiger partial charge in [-0.25, -0.2) is 4.79 Å². The Balaban J connectivity index is 1.38. The average molecular weight is 351 g/mol. The molecule has 25 heavy (non-hydrogen) atoms. The minimum atomic E-state index is -0.777. The van der Waals surface area contributed by atoms with Gasteiger partial charge in [-0.05, 0) is 56.8 Å². The van der Waals surface area contributed by atoms with Crippen LogP contribution in [0.4, 0.5) is 4.79 Å². The van der Waals surface area contributed by atoms with E-state index in [1.807, 2.05) is 0 Å². The van der Waals surface area contributed by atoms with Crippen molar-refractivity contribution in [2.45, 2.75) is 57.4 Å². The van der Waals surface area contributed by atoms with E-state index in [0.717, 1.165) is 36.7 Å². The van der Waals surface area contributed by atoms with Gasteiger partial charge in [0, 0.05) is 19.8 Å². The fraction of sp³-hybridized carbons (Fsp3) is 0.833. The first kappa shape index (κ1) is 18.2. The van der Waals surface area contributed by atoms with E-state index in [9.17, 15) is 14.4 Å². The molecule has 7 nitrogen and oxygen atoms in total. The summed E-state index contributed by atoms with van der Waals surface area (Å²) < 4.78 is 5.51. The lowest BCUT2D eigenvalue weighted by Gasteiger charge is -2.33. The summed E-state index contributed by atoms with van der Waals surface area (Å²) in [4.78, 5) is 37.9. The highest BCUT2D eigenvalue weighted by Gasteiger charge is 2.52. The van der Waals surface area contributed by atoms with E-state index in [1.165, 1.54) is 12.8 Å². The molecule has 2 saturated carbocycles. The van der Waals surface area contributed by atoms with Crippen LogP contribution in [0.25, 0.3) is 0 Å². The number of hydrogen-bond acceptors (Lipinski definition) is 4. The van der Waals surface area contributed by atoms with Crippen LogP contribution in [0.1, 0.15) is 51.9 Å². The number of nitrogens with one attached hydrogen (secondary N) is 2. The van der Waals surface area contributed by atoms with Crippen molar-refractivity contribution in [1.82, 2.24) is 15.5 Å². The first-order valence-electron chi connectivity index (χ1n) is 9.49. The van der Waals surface area contributed by atoms with E-state index in [-0.39, 0.29) is 18.4 Å². The maximum Gasteiger partial charge on any atom is 0.325 e. The number of urea groups is 1. The number of nitrogens with zero attached hydrogens (tertiary/aromatic N) is 1. The number of rotatable bonds is 8. The zero-order chi connectivity index (χ0) is 17.9. The van der Waals surface area contributed by atoms with Gasteiger partial charge >= 0.3 is 6.03 Å². The van der Waals surface area contributed by atoms with Crippen molar-refractivity contribution in [3.63, 3.8) is 0 Å². The van der Waals surface area contributed by atoms with Gasteiger partial charge in [-0.3, -0.25) is 14.5 Å². The number of hydrogen-bond donors (Lipinski definition) is 2. The molecule has 140 valence electrons. The Labute approximate surface area is 148 Å². The minimum Gasteiger partial charge on any atom is -0.381 e. The molecule has 0 aromatic heterocycles. The van der Waals surface area contributed by atoms with Gasteiger partial charge in [0.1, 0.15) is 12.1 Å². The Kier molecular flexibility index (Phi) is 5.61. The Morgan fingerprint density at radius 1 is 1.28 bits per heavy atom. The summed E-state index contributed by atoms with van der Waals surface area (Å²) in [6, 6.07) is -0.442. The maximum absolute atomic E-state index is 12.7. The molecular weight excluding hydrogens is 322 g/mol. The maximum atomic E-state index is 12.7. The van der Waals surface area contributed by atoms with Crippen molar-refractivity contribution in [2.75, 3.05) is 26.3 Å². The third kappa shape index (κ3) is 4.51. The topological polar surface area (TPSA) is 87.7 Å². The van der Waals surface area contributed by atoms with Gasteiger partial charge in [0.15, 0.2) is 0 Å². The summed E-state index contributed by atoms with van der Waals surface area (Å²) in [7, 11) is 0. The number of carbonyl (C=O) groups excluding carboxylic acids is 3. The van der Waals surface area contributed by atoms with Gasteiger partial charge in [-0.15, -0.1) is 0 Å². The van der Waals surface area contributed by atoms with Crippen LogP contribution < -0.4 is 10.6 Å². The number of carbonyl (C=O) groups is 3. The minimum absolute atomic E-state index is 0.203. The fourth-order valence-corrected chi connectivity index (χ4v) is 3.55. The van der Waals surface area contributed by atoms with Gasteiger partial charge < -0.3 is 15.4 Å². The molecular formula is C18H29N3O4. The summed E-state index contributed by atoms with van der Waals surface area (Å²) in [5.74, 6) is 0.776. The van der Waals surface area contributed by atoms with Crippen LogP contribution in [0, 0.1) is 11.8 Å². The summed E-state index contributed by atoms with van der Waals surface area (Å²) in [6.45, 7) is 3.90. The SMILES string of the molecule is CC1CCC2(CC1)NC(=O)N(CC(=O)NCCCOCC1CC1)C2=O. The summed E-state index contributed by atoms with van der Waals surface area (Å²) in [5, 5.41) is 5.59. The molecule has 0 bridgehead atoms. The standard InChI is InChI=1S/C18H29N3O4/c1-13-5-7-18(8-6-13)16(23)21(17(24)20-18)11-15(22)19-9-2-10-25-12-14-3-4-14/h13-14H,2-12H2,1H3,(H,19,22)(H,20,24). The van der Waals surface area contributed by atoms with Gasteiger partial charge in [-0.1, -0.05) is 6.92 Å². The van der Waals surface area contributed by atoms with Crippen molar-refractivity contribution in [1.29, 1.82) is 0 Å². The Bertz CT molecular complexity index is 524. The van der Waals surface area contributed by atoms with Crippen molar-refractivity contribution < 1.29 is 19.1 Å². The van der Waals surface area contributed by atoms with Crippen LogP contribution >= 0.6 is 0 Å². The van der Waals surface area contributed by atoms with E-state index in [1.54, 1.807) is 0 Å². The van der Waals surface area contributed by atoms with Crippen molar-refractivity contribution >= 4 is 17.8 Å². The van der Waals surface area contributed by atoms with E-state index in [2.05, 4.69) is 17.6 Å². The zero-order valence-electron chi connectivity index (χ0n) is 15.0. The molecule has 0 radical (unpaired) electrons. The first-order chi connectivity index (χ1) is 12.0. The highest BCUT2D eigenvalue weighted by molar-refractivity contribution is 6.09. The smallest absolute Gasteiger partial charge is 0.325 e. The number of imide groups is 1. The van der Waals surface area contributed by atoms with E-state index >= 15 is 0 Å². The van der Waals surface area contributed by atoms with Gasteiger partial charge in [0.05, 0.1) is 0 Å². The second-order valence-electron chi connectivity index (χ2n) is 7.81. The van der Waals surface area contributed by atoms with Crippen LogP contribution in [0.5, 0.6) is 0 Å². The lowest BCUT2D eigenvalue weighted by molar-refractivity contribution is -0.136. The Morgan fingerprint density at radius 3 is 2.68 bits per heavy atom. The van der Waals surface area contributed by atoms with Crippen LogP contribution in [-0.4, -0.2) is 54.6 Å². The molecule has 2 N–H and O–H groups in total. The molecule has 1 saturated heterocycles. The second-order valence-corrected chi connectivity index (χ2v) is 7.81. The number of amides is 4. The molecule has 0 atom stereocenters. The first-order valence-corrected chi connectivity index (χ1v) is 9.49. The lowest BCUT2D eigenvalue weighted by atomic mass is 9.77. The summed E-state index contributed by atoms with van der Waals surface area (Å²) in [6.07, 6.45) is 6.44. The Hall–Kier alpha value is -1.63. The zero-order valence-corrected chi connectivity index (χ0v) is 15.0. The average Bonchev–Trinajstić information content (AvgIpc) is 3.38. The highest BCUT2D eigenvalue weighted by atomic mass is 16.5. The monoisotopic (exact) mass is 351 g/mol. The van der Waals surface area contributed by atoms with Gasteiger partial charge in [0.2, 0.25) is 5.91 Å². The van der Waals surface area contributed by atoms with Crippen LogP contribution in [0.2, 0.25) is 0 Å². The molecule has 3 fully saturated rings. The quantitative estimate of drug-likeness (QED) is 0.511. The molecule has 7 heteroatoms. The number of ether oxygens (including phenoxy) is 1. The predicted octanol–water partition coefficient (Wildman–Crippen LogP) is 1.42. The summed E-state index contributed by atoms with van der Waals surface area (Å²) in [5.41, 5.74) is -0.777. The third-order valence-corrected chi connectivity index (χ3v) is 5.51. The van der Waals surface area contributed by atoms with E-state index in [0.29, 0.717) is 31.9 Å². The molecule has 0 unspecified atom stereocenters. The fourth-order valence-electron chi connectivity index (χ4n) is 3.55. The lowest BCUT2D eigenvalue weighted by Crippen LogP contribution is -2.49. The highest BCUT2D eigenvalue weighted by Crippen LogP contribution is 2.36. The molecule has 0 aromatic rings. The third-order valence-electron chi connectivity index (χ3n) is 5.51. The molecule has 3 aliphatic rings. The van der Waals surface area contributed by atoms with Crippen molar-refractivity contribution in [3.8, 4) is 0 Å². The van der Waals surface area contributed by atoms with Crippen LogP contribution in [0.3, 0.4) is 0 Å². The molecule has 0 aromatic carbocycles. The van der Waals surface area contributed by atoms with Crippen molar-refractivity contribution in [3.05, 3.63) is 0 Å². The van der Waals surface area contributed by atoms with E-state index in [4.69, 9.17) is 4.74 Å². The van der Waals surface area contributed by atoms with Gasteiger partial charge in [-0.2, -0.15) is 0 Å². The van der Waals surface area contributed by atoms with E-state index < -0.39 is 11.6 Å². The van der Waals surface area contributed by atoms with Crippen molar-refractivity contribution in [2.24, 2.45) is 11.8 Å². The summed E-state index contributed by atoms with van der Waals surface area (Å²) >= 11 is 0. The predicted molar refractivity (Wildman–Crippen MR) is 91.8 cm³/mol. The van der Waals surface area contributed by atoms with Crippen LogP contribution in [-0.2, 0) is 14.3 Å². The van der Waals surface area contributed by atoms with Gasteiger partial charge in [0.25, 0.3) is 5.91 Å². The molecule has 1 spiro atoms. The molecule has 1 heterocycles. The van der Waals surface area contributed by atoms with Crippen LogP contribution in [0.15, 0.2) is 0 Å². The Morgan fingerprint density at radius 2 is 2.00 bits per heavy atom. The molecule has 3 rings (SSSR count). The molecule has 2 aliphatic carbocycles. The largest absolute Gasteiger partial charge is 0.381 e. The normalized spacial score (nSPS) is 29.2.